The number of fused-ring (bicyclic) bond motifs is 1. The van der Waals surface area contributed by atoms with Crippen LogP contribution in [0.3, 0.4) is 0 Å². The van der Waals surface area contributed by atoms with Crippen LogP contribution in [0.2, 0.25) is 0 Å². The van der Waals surface area contributed by atoms with Crippen molar-refractivity contribution in [1.82, 2.24) is 19.2 Å². The predicted octanol–water partition coefficient (Wildman–Crippen LogP) is 2.02. The highest BCUT2D eigenvalue weighted by molar-refractivity contribution is 7.89. The van der Waals surface area contributed by atoms with E-state index in [-0.39, 0.29) is 17.0 Å². The maximum atomic E-state index is 13.5. The highest BCUT2D eigenvalue weighted by Crippen LogP contribution is 2.38. The number of halogens is 1. The summed E-state index contributed by atoms with van der Waals surface area (Å²) in [6.45, 7) is 2.14. The summed E-state index contributed by atoms with van der Waals surface area (Å²) in [5.41, 5.74) is 1.03. The summed E-state index contributed by atoms with van der Waals surface area (Å²) in [5.74, 6) is 0.527. The molecule has 2 saturated heterocycles. The summed E-state index contributed by atoms with van der Waals surface area (Å²) < 4.78 is 46.7. The van der Waals surface area contributed by atoms with Crippen molar-refractivity contribution in [3.8, 4) is 5.88 Å². The van der Waals surface area contributed by atoms with E-state index in [1.54, 1.807) is 12.4 Å². The van der Waals surface area contributed by atoms with Gasteiger partial charge in [-0.25, -0.2) is 17.8 Å². The van der Waals surface area contributed by atoms with E-state index in [2.05, 4.69) is 14.9 Å². The fraction of sp³-hybridized carbons (Fsp3) is 0.500. The van der Waals surface area contributed by atoms with Crippen LogP contribution >= 0.6 is 0 Å². The van der Waals surface area contributed by atoms with Gasteiger partial charge in [0.1, 0.15) is 11.9 Å². The van der Waals surface area contributed by atoms with Crippen LogP contribution in [0.25, 0.3) is 0 Å². The fourth-order valence-corrected chi connectivity index (χ4v) is 5.70. The molecule has 2 aliphatic heterocycles. The van der Waals surface area contributed by atoms with Crippen LogP contribution in [0.1, 0.15) is 30.9 Å². The highest BCUT2D eigenvalue weighted by Gasteiger charge is 2.41. The molecular formula is C20H23FN4O3S. The van der Waals surface area contributed by atoms with Crippen molar-refractivity contribution in [2.75, 3.05) is 26.2 Å². The Morgan fingerprint density at radius 3 is 2.69 bits per heavy atom. The van der Waals surface area contributed by atoms with Crippen molar-refractivity contribution in [1.29, 1.82) is 0 Å². The number of sulfonamides is 1. The summed E-state index contributed by atoms with van der Waals surface area (Å²) in [6.07, 6.45) is 6.53. The van der Waals surface area contributed by atoms with Gasteiger partial charge in [0.2, 0.25) is 15.9 Å². The summed E-state index contributed by atoms with van der Waals surface area (Å²) in [7, 11) is -3.70. The molecule has 0 radical (unpaired) electrons. The van der Waals surface area contributed by atoms with Gasteiger partial charge in [0.25, 0.3) is 0 Å². The van der Waals surface area contributed by atoms with Gasteiger partial charge in [-0.3, -0.25) is 9.88 Å². The molecule has 1 aromatic heterocycles. The number of ether oxygens (including phenoxy) is 1. The molecule has 3 heterocycles. The molecule has 3 aliphatic rings. The highest BCUT2D eigenvalue weighted by atomic mass is 32.2. The SMILES string of the molecule is O=S(=O)(c1cccc(F)c1)N1CCN2C[C@@H](Oc3cnc(C4CC4)cn3)C[C@H]2C1. The van der Waals surface area contributed by atoms with E-state index in [1.807, 2.05) is 0 Å². The molecule has 29 heavy (non-hydrogen) atoms. The topological polar surface area (TPSA) is 75.6 Å². The molecular weight excluding hydrogens is 395 g/mol. The fourth-order valence-electron chi connectivity index (χ4n) is 4.20. The number of piperazine rings is 1. The zero-order valence-corrected chi connectivity index (χ0v) is 16.8. The van der Waals surface area contributed by atoms with Gasteiger partial charge >= 0.3 is 0 Å². The van der Waals surface area contributed by atoms with E-state index >= 15 is 0 Å². The van der Waals surface area contributed by atoms with Crippen LogP contribution in [0.4, 0.5) is 4.39 Å². The summed E-state index contributed by atoms with van der Waals surface area (Å²) in [4.78, 5) is 11.1. The summed E-state index contributed by atoms with van der Waals surface area (Å²) in [5, 5.41) is 0. The number of hydrogen-bond acceptors (Lipinski definition) is 6. The Hall–Kier alpha value is -2.10. The quantitative estimate of drug-likeness (QED) is 0.740. The van der Waals surface area contributed by atoms with Gasteiger partial charge in [-0.1, -0.05) is 6.07 Å². The minimum atomic E-state index is -3.70. The van der Waals surface area contributed by atoms with Gasteiger partial charge in [0.15, 0.2) is 0 Å². The minimum Gasteiger partial charge on any atom is -0.472 e. The second kappa shape index (κ2) is 7.30. The molecule has 1 aromatic carbocycles. The third-order valence-electron chi connectivity index (χ3n) is 5.91. The van der Waals surface area contributed by atoms with Gasteiger partial charge < -0.3 is 4.74 Å². The maximum Gasteiger partial charge on any atom is 0.243 e. The lowest BCUT2D eigenvalue weighted by Gasteiger charge is -2.36. The lowest BCUT2D eigenvalue weighted by Crippen LogP contribution is -2.51. The first-order valence-corrected chi connectivity index (χ1v) is 11.4. The van der Waals surface area contributed by atoms with Crippen molar-refractivity contribution in [3.05, 3.63) is 48.2 Å². The van der Waals surface area contributed by atoms with Crippen molar-refractivity contribution in [2.45, 2.75) is 42.2 Å². The molecule has 0 amide bonds. The Labute approximate surface area is 169 Å². The molecule has 0 bridgehead atoms. The summed E-state index contributed by atoms with van der Waals surface area (Å²) in [6, 6.07) is 5.26. The molecule has 1 saturated carbocycles. The second-order valence-electron chi connectivity index (χ2n) is 8.00. The van der Waals surface area contributed by atoms with Gasteiger partial charge in [0.05, 0.1) is 23.0 Å². The Morgan fingerprint density at radius 1 is 1.10 bits per heavy atom. The Bertz CT molecular complexity index is 997. The van der Waals surface area contributed by atoms with Crippen molar-refractivity contribution in [3.63, 3.8) is 0 Å². The zero-order valence-electron chi connectivity index (χ0n) is 15.9. The molecule has 2 atom stereocenters. The van der Waals surface area contributed by atoms with Gasteiger partial charge in [-0.15, -0.1) is 0 Å². The molecule has 154 valence electrons. The number of benzene rings is 1. The summed E-state index contributed by atoms with van der Waals surface area (Å²) >= 11 is 0. The molecule has 3 fully saturated rings. The van der Waals surface area contributed by atoms with Crippen LogP contribution in [-0.2, 0) is 10.0 Å². The lowest BCUT2D eigenvalue weighted by molar-refractivity contribution is 0.151. The standard InChI is InChI=1S/C20H23FN4O3S/c21-15-2-1-3-18(8-15)29(26,27)25-7-6-24-13-17(9-16(24)12-25)28-20-11-22-19(10-23-20)14-4-5-14/h1-3,8,10-11,14,16-17H,4-7,9,12-13H2/t16-,17-/m0/s1. The van der Waals surface area contributed by atoms with E-state index in [1.165, 1.54) is 35.3 Å². The second-order valence-corrected chi connectivity index (χ2v) is 9.94. The maximum absolute atomic E-state index is 13.5. The molecule has 0 unspecified atom stereocenters. The van der Waals surface area contributed by atoms with E-state index in [0.717, 1.165) is 24.7 Å². The molecule has 0 spiro atoms. The van der Waals surface area contributed by atoms with Gasteiger partial charge in [-0.2, -0.15) is 4.31 Å². The first-order chi connectivity index (χ1) is 14.0. The Morgan fingerprint density at radius 2 is 1.97 bits per heavy atom. The average molecular weight is 418 g/mol. The molecule has 1 aliphatic carbocycles. The number of nitrogens with zero attached hydrogens (tertiary/aromatic N) is 4. The van der Waals surface area contributed by atoms with E-state index in [4.69, 9.17) is 4.74 Å². The first-order valence-electron chi connectivity index (χ1n) is 9.97. The largest absolute Gasteiger partial charge is 0.472 e. The van der Waals surface area contributed by atoms with E-state index in [9.17, 15) is 12.8 Å². The number of aromatic nitrogens is 2. The first kappa shape index (κ1) is 18.9. The van der Waals surface area contributed by atoms with Crippen LogP contribution in [0, 0.1) is 5.82 Å². The van der Waals surface area contributed by atoms with Crippen molar-refractivity contribution in [2.24, 2.45) is 0 Å². The van der Waals surface area contributed by atoms with Crippen LogP contribution in [0.15, 0.2) is 41.6 Å². The molecule has 9 heteroatoms. The third-order valence-corrected chi connectivity index (χ3v) is 7.77. The Kier molecular flexibility index (Phi) is 4.76. The molecule has 2 aromatic rings. The smallest absolute Gasteiger partial charge is 0.243 e. The monoisotopic (exact) mass is 418 g/mol. The number of rotatable bonds is 5. The van der Waals surface area contributed by atoms with E-state index in [0.29, 0.717) is 31.4 Å². The minimum absolute atomic E-state index is 0.00257. The van der Waals surface area contributed by atoms with Gasteiger partial charge in [0, 0.05) is 44.6 Å². The van der Waals surface area contributed by atoms with Crippen LogP contribution < -0.4 is 4.74 Å². The van der Waals surface area contributed by atoms with E-state index < -0.39 is 15.8 Å². The molecule has 7 nitrogen and oxygen atoms in total. The van der Waals surface area contributed by atoms with Crippen LogP contribution in [-0.4, -0.2) is 65.9 Å². The predicted molar refractivity (Wildman–Crippen MR) is 104 cm³/mol. The average Bonchev–Trinajstić information content (AvgIpc) is 3.48. The Balaban J connectivity index is 1.23. The molecule has 5 rings (SSSR count). The third kappa shape index (κ3) is 3.86. The molecule has 0 N–H and O–H groups in total. The van der Waals surface area contributed by atoms with Crippen molar-refractivity contribution < 1.29 is 17.5 Å². The van der Waals surface area contributed by atoms with Crippen LogP contribution in [0.5, 0.6) is 5.88 Å². The van der Waals surface area contributed by atoms with Gasteiger partial charge in [-0.05, 0) is 31.0 Å². The zero-order chi connectivity index (χ0) is 20.0. The van der Waals surface area contributed by atoms with Crippen molar-refractivity contribution >= 4 is 10.0 Å². The lowest BCUT2D eigenvalue weighted by atomic mass is 10.2. The normalized spacial score (nSPS) is 25.7. The number of hydrogen-bond donors (Lipinski definition) is 0.